The van der Waals surface area contributed by atoms with E-state index in [1.807, 2.05) is 73.7 Å². The number of carbonyl (C=O) groups is 2. The second-order valence-electron chi connectivity index (χ2n) is 8.01. The minimum absolute atomic E-state index is 0.0145. The van der Waals surface area contributed by atoms with Gasteiger partial charge < -0.3 is 14.8 Å². The highest BCUT2D eigenvalue weighted by Crippen LogP contribution is 2.39. The molecule has 0 aliphatic carbocycles. The van der Waals surface area contributed by atoms with Gasteiger partial charge in [0, 0.05) is 11.4 Å². The van der Waals surface area contributed by atoms with Gasteiger partial charge in [-0.25, -0.2) is 9.59 Å². The maximum absolute atomic E-state index is 13.3. The molecule has 0 aromatic heterocycles. The van der Waals surface area contributed by atoms with Gasteiger partial charge in [-0.3, -0.25) is 0 Å². The molecule has 0 saturated heterocycles. The van der Waals surface area contributed by atoms with E-state index in [0.29, 0.717) is 22.5 Å². The van der Waals surface area contributed by atoms with E-state index in [1.165, 1.54) is 0 Å². The first-order chi connectivity index (χ1) is 16.4. The van der Waals surface area contributed by atoms with E-state index in [0.717, 1.165) is 16.7 Å². The van der Waals surface area contributed by atoms with E-state index in [4.69, 9.17) is 14.7 Å². The molecule has 0 amide bonds. The van der Waals surface area contributed by atoms with Crippen LogP contribution in [0.2, 0.25) is 0 Å². The summed E-state index contributed by atoms with van der Waals surface area (Å²) in [7, 11) is 0. The Morgan fingerprint density at radius 3 is 2.29 bits per heavy atom. The largest absolute Gasteiger partial charge is 0.461 e. The molecule has 0 spiro atoms. The van der Waals surface area contributed by atoms with Gasteiger partial charge in [0.05, 0.1) is 29.6 Å². The quantitative estimate of drug-likeness (QED) is 0.447. The fourth-order valence-corrected chi connectivity index (χ4v) is 3.94. The first kappa shape index (κ1) is 24.5. The molecule has 6 heteroatoms. The highest BCUT2D eigenvalue weighted by atomic mass is 16.5. The van der Waals surface area contributed by atoms with E-state index in [1.54, 1.807) is 19.9 Å². The van der Waals surface area contributed by atoms with Crippen LogP contribution < -0.4 is 5.32 Å². The van der Waals surface area contributed by atoms with Crippen LogP contribution >= 0.6 is 0 Å². The number of carbonyl (C=O) groups excluding carboxylic acids is 2. The summed E-state index contributed by atoms with van der Waals surface area (Å²) in [6.45, 7) is 5.60. The average Bonchev–Trinajstić information content (AvgIpc) is 2.82. The van der Waals surface area contributed by atoms with Crippen LogP contribution in [-0.2, 0) is 19.1 Å². The molecule has 0 radical (unpaired) electrons. The zero-order valence-electron chi connectivity index (χ0n) is 19.6. The van der Waals surface area contributed by atoms with E-state index in [-0.39, 0.29) is 19.6 Å². The second-order valence-corrected chi connectivity index (χ2v) is 8.01. The molecule has 1 heterocycles. The standard InChI is InChI=1S/C28H28N2O4/c1-19-10-7-14-23(18-19)26-24(27(31)33-16-8-13-22-11-5-4-6-12-22)20(2)30-21(3)25(26)28(32)34-17-9-15-29/h4-8,10-14,18,26,30H,9,16-17H2,1-3H3/b13-8+. The molecule has 1 aliphatic rings. The van der Waals surface area contributed by atoms with Crippen LogP contribution in [0.1, 0.15) is 42.9 Å². The van der Waals surface area contributed by atoms with Crippen molar-refractivity contribution in [2.45, 2.75) is 33.1 Å². The number of nitrogens with zero attached hydrogens (tertiary/aromatic N) is 1. The highest BCUT2D eigenvalue weighted by Gasteiger charge is 2.38. The van der Waals surface area contributed by atoms with Gasteiger partial charge in [-0.1, -0.05) is 66.2 Å². The van der Waals surface area contributed by atoms with Gasteiger partial charge in [-0.2, -0.15) is 5.26 Å². The Labute approximate surface area is 200 Å². The van der Waals surface area contributed by atoms with Crippen molar-refractivity contribution in [3.63, 3.8) is 0 Å². The number of hydrogen-bond acceptors (Lipinski definition) is 6. The fourth-order valence-electron chi connectivity index (χ4n) is 3.94. The predicted molar refractivity (Wildman–Crippen MR) is 130 cm³/mol. The third kappa shape index (κ3) is 6.02. The number of hydrogen-bond donors (Lipinski definition) is 1. The Balaban J connectivity index is 1.89. The molecular formula is C28H28N2O4. The molecule has 1 N–H and O–H groups in total. The topological polar surface area (TPSA) is 88.4 Å². The number of dihydropyridines is 1. The first-order valence-corrected chi connectivity index (χ1v) is 11.1. The number of aryl methyl sites for hydroxylation is 1. The summed E-state index contributed by atoms with van der Waals surface area (Å²) in [6, 6.07) is 19.4. The smallest absolute Gasteiger partial charge is 0.337 e. The molecule has 0 saturated carbocycles. The number of rotatable bonds is 8. The van der Waals surface area contributed by atoms with Crippen LogP contribution in [0.15, 0.2) is 83.2 Å². The molecular weight excluding hydrogens is 428 g/mol. The van der Waals surface area contributed by atoms with Crippen molar-refractivity contribution in [2.75, 3.05) is 13.2 Å². The lowest BCUT2D eigenvalue weighted by Gasteiger charge is -2.30. The summed E-state index contributed by atoms with van der Waals surface area (Å²) in [5.41, 5.74) is 4.71. The summed E-state index contributed by atoms with van der Waals surface area (Å²) in [5, 5.41) is 11.9. The Bertz CT molecular complexity index is 1190. The van der Waals surface area contributed by atoms with Crippen molar-refractivity contribution < 1.29 is 19.1 Å². The van der Waals surface area contributed by atoms with Gasteiger partial charge in [0.1, 0.15) is 13.2 Å². The Kier molecular flexibility index (Phi) is 8.42. The second kappa shape index (κ2) is 11.7. The average molecular weight is 457 g/mol. The summed E-state index contributed by atoms with van der Waals surface area (Å²) in [5.74, 6) is -1.72. The van der Waals surface area contributed by atoms with Gasteiger partial charge in [0.25, 0.3) is 0 Å². The molecule has 0 fully saturated rings. The normalized spacial score (nSPS) is 15.6. The lowest BCUT2D eigenvalue weighted by Crippen LogP contribution is -2.32. The van der Waals surface area contributed by atoms with Crippen LogP contribution in [-0.4, -0.2) is 25.2 Å². The first-order valence-electron chi connectivity index (χ1n) is 11.1. The Morgan fingerprint density at radius 1 is 0.971 bits per heavy atom. The summed E-state index contributed by atoms with van der Waals surface area (Å²) in [4.78, 5) is 26.3. The van der Waals surface area contributed by atoms with Crippen molar-refractivity contribution in [3.8, 4) is 6.07 Å². The van der Waals surface area contributed by atoms with Crippen molar-refractivity contribution in [3.05, 3.63) is 99.9 Å². The van der Waals surface area contributed by atoms with Crippen molar-refractivity contribution in [1.29, 1.82) is 5.26 Å². The van der Waals surface area contributed by atoms with Crippen LogP contribution in [0, 0.1) is 18.3 Å². The molecule has 0 bridgehead atoms. The molecule has 3 rings (SSSR count). The molecule has 1 atom stereocenters. The summed E-state index contributed by atoms with van der Waals surface area (Å²) >= 11 is 0. The zero-order valence-corrected chi connectivity index (χ0v) is 19.6. The third-order valence-electron chi connectivity index (χ3n) is 5.44. The Hall–Kier alpha value is -4.11. The van der Waals surface area contributed by atoms with Crippen molar-refractivity contribution in [2.24, 2.45) is 0 Å². The lowest BCUT2D eigenvalue weighted by atomic mass is 9.80. The van der Waals surface area contributed by atoms with Crippen molar-refractivity contribution >= 4 is 18.0 Å². The van der Waals surface area contributed by atoms with E-state index >= 15 is 0 Å². The SMILES string of the molecule is CC1=C(C(=O)OC/C=C/c2ccccc2)C(c2cccc(C)c2)C(C(=O)OCCC#N)=C(C)N1. The summed E-state index contributed by atoms with van der Waals surface area (Å²) in [6.07, 6.45) is 3.76. The van der Waals surface area contributed by atoms with Crippen LogP contribution in [0.5, 0.6) is 0 Å². The molecule has 2 aromatic rings. The van der Waals surface area contributed by atoms with Gasteiger partial charge in [-0.15, -0.1) is 0 Å². The number of ether oxygens (including phenoxy) is 2. The lowest BCUT2D eigenvalue weighted by molar-refractivity contribution is -0.139. The van der Waals surface area contributed by atoms with Crippen LogP contribution in [0.3, 0.4) is 0 Å². The predicted octanol–water partition coefficient (Wildman–Crippen LogP) is 4.94. The fraction of sp³-hybridized carbons (Fsp3) is 0.250. The molecule has 2 aromatic carbocycles. The number of esters is 2. The maximum Gasteiger partial charge on any atom is 0.337 e. The van der Waals surface area contributed by atoms with Gasteiger partial charge >= 0.3 is 11.9 Å². The maximum atomic E-state index is 13.3. The highest BCUT2D eigenvalue weighted by molar-refractivity contribution is 6.00. The van der Waals surface area contributed by atoms with E-state index in [9.17, 15) is 9.59 Å². The van der Waals surface area contributed by atoms with Gasteiger partial charge in [0.2, 0.25) is 0 Å². The van der Waals surface area contributed by atoms with Crippen LogP contribution in [0.25, 0.3) is 6.08 Å². The number of allylic oxidation sites excluding steroid dienone is 2. The summed E-state index contributed by atoms with van der Waals surface area (Å²) < 4.78 is 10.9. The van der Waals surface area contributed by atoms with Gasteiger partial charge in [-0.05, 0) is 38.0 Å². The van der Waals surface area contributed by atoms with Crippen molar-refractivity contribution in [1.82, 2.24) is 5.32 Å². The molecule has 1 aliphatic heterocycles. The Morgan fingerprint density at radius 2 is 1.65 bits per heavy atom. The number of benzene rings is 2. The van der Waals surface area contributed by atoms with Crippen LogP contribution in [0.4, 0.5) is 0 Å². The van der Waals surface area contributed by atoms with E-state index in [2.05, 4.69) is 5.32 Å². The molecule has 34 heavy (non-hydrogen) atoms. The molecule has 174 valence electrons. The minimum atomic E-state index is -0.652. The van der Waals surface area contributed by atoms with Gasteiger partial charge in [0.15, 0.2) is 0 Å². The number of nitriles is 1. The monoisotopic (exact) mass is 456 g/mol. The van der Waals surface area contributed by atoms with E-state index < -0.39 is 17.9 Å². The number of nitrogens with one attached hydrogen (secondary N) is 1. The third-order valence-corrected chi connectivity index (χ3v) is 5.44. The molecule has 6 nitrogen and oxygen atoms in total. The minimum Gasteiger partial charge on any atom is -0.461 e. The zero-order chi connectivity index (χ0) is 24.5. The molecule has 1 unspecified atom stereocenters.